The van der Waals surface area contributed by atoms with Gasteiger partial charge in [-0.05, 0) is 31.5 Å². The third-order valence-electron chi connectivity index (χ3n) is 3.21. The molecule has 1 aromatic heterocycles. The molecule has 0 aliphatic carbocycles. The predicted molar refractivity (Wildman–Crippen MR) is 72.6 cm³/mol. The van der Waals surface area contributed by atoms with E-state index in [0.29, 0.717) is 29.0 Å². The fraction of sp³-hybridized carbons (Fsp3) is 0.462. The Morgan fingerprint density at radius 1 is 1.35 bits per heavy atom. The highest BCUT2D eigenvalue weighted by molar-refractivity contribution is 6.31. The summed E-state index contributed by atoms with van der Waals surface area (Å²) in [7, 11) is 0. The molecule has 0 amide bonds. The van der Waals surface area contributed by atoms with Crippen LogP contribution in [0.3, 0.4) is 0 Å². The lowest BCUT2D eigenvalue weighted by molar-refractivity contribution is -0.186. The van der Waals surface area contributed by atoms with E-state index in [1.54, 1.807) is 18.2 Å². The van der Waals surface area contributed by atoms with Crippen molar-refractivity contribution in [3.8, 4) is 0 Å². The van der Waals surface area contributed by atoms with Gasteiger partial charge in [-0.15, -0.1) is 0 Å². The SMILES string of the molecule is CCCn1c(C(C)(N)C(F)(F)F)nc2ccc(Cl)cc21. The Kier molecular flexibility index (Phi) is 3.73. The summed E-state index contributed by atoms with van der Waals surface area (Å²) in [5, 5.41) is 0.451. The fourth-order valence-corrected chi connectivity index (χ4v) is 2.24. The van der Waals surface area contributed by atoms with Crippen molar-refractivity contribution in [1.29, 1.82) is 0 Å². The summed E-state index contributed by atoms with van der Waals surface area (Å²) in [5.74, 6) is -0.191. The molecule has 1 heterocycles. The van der Waals surface area contributed by atoms with Gasteiger partial charge in [-0.25, -0.2) is 4.98 Å². The van der Waals surface area contributed by atoms with E-state index in [4.69, 9.17) is 17.3 Å². The molecule has 1 aromatic carbocycles. The van der Waals surface area contributed by atoms with Crippen molar-refractivity contribution in [3.63, 3.8) is 0 Å². The molecule has 110 valence electrons. The standard InChI is InChI=1S/C13H15ClF3N3/c1-3-6-20-10-7-8(14)4-5-9(10)19-11(20)12(2,18)13(15,16)17/h4-5,7H,3,6,18H2,1-2H3. The van der Waals surface area contributed by atoms with E-state index in [2.05, 4.69) is 4.98 Å². The highest BCUT2D eigenvalue weighted by atomic mass is 35.5. The van der Waals surface area contributed by atoms with Crippen LogP contribution in [0.1, 0.15) is 26.1 Å². The summed E-state index contributed by atoms with van der Waals surface area (Å²) in [6, 6.07) is 4.80. The van der Waals surface area contributed by atoms with Crippen molar-refractivity contribution >= 4 is 22.6 Å². The fourth-order valence-electron chi connectivity index (χ4n) is 2.07. The van der Waals surface area contributed by atoms with E-state index in [9.17, 15) is 13.2 Å². The van der Waals surface area contributed by atoms with Gasteiger partial charge in [0.2, 0.25) is 0 Å². The van der Waals surface area contributed by atoms with E-state index in [1.165, 1.54) is 4.57 Å². The van der Waals surface area contributed by atoms with Crippen molar-refractivity contribution in [3.05, 3.63) is 29.0 Å². The van der Waals surface area contributed by atoms with Crippen LogP contribution in [0.5, 0.6) is 0 Å². The summed E-state index contributed by atoms with van der Waals surface area (Å²) >= 11 is 5.91. The van der Waals surface area contributed by atoms with Crippen molar-refractivity contribution in [2.45, 2.75) is 38.5 Å². The third-order valence-corrected chi connectivity index (χ3v) is 3.45. The number of aromatic nitrogens is 2. The number of halogens is 4. The third kappa shape index (κ3) is 2.38. The maximum atomic E-state index is 13.1. The molecule has 3 nitrogen and oxygen atoms in total. The number of nitrogens with two attached hydrogens (primary N) is 1. The molecule has 1 atom stereocenters. The zero-order valence-corrected chi connectivity index (χ0v) is 11.9. The number of aryl methyl sites for hydroxylation is 1. The van der Waals surface area contributed by atoms with Crippen molar-refractivity contribution in [2.24, 2.45) is 5.73 Å². The first-order chi connectivity index (χ1) is 9.18. The molecule has 2 rings (SSSR count). The summed E-state index contributed by atoms with van der Waals surface area (Å²) in [6.45, 7) is 3.21. The summed E-state index contributed by atoms with van der Waals surface area (Å²) in [4.78, 5) is 4.07. The maximum absolute atomic E-state index is 13.1. The molecule has 0 saturated heterocycles. The van der Waals surface area contributed by atoms with Crippen LogP contribution in [0.15, 0.2) is 18.2 Å². The first kappa shape index (κ1) is 15.1. The minimum atomic E-state index is -4.58. The summed E-state index contributed by atoms with van der Waals surface area (Å²) in [5.41, 5.74) is 4.02. The molecule has 2 aromatic rings. The number of hydrogen-bond donors (Lipinski definition) is 1. The van der Waals surface area contributed by atoms with Crippen LogP contribution in [0.25, 0.3) is 11.0 Å². The summed E-state index contributed by atoms with van der Waals surface area (Å²) < 4.78 is 40.9. The average Bonchev–Trinajstić information content (AvgIpc) is 2.67. The molecule has 0 saturated carbocycles. The Balaban J connectivity index is 2.73. The molecule has 0 radical (unpaired) electrons. The zero-order chi connectivity index (χ0) is 15.1. The van der Waals surface area contributed by atoms with Gasteiger partial charge in [0.15, 0.2) is 5.54 Å². The van der Waals surface area contributed by atoms with Crippen LogP contribution in [0.4, 0.5) is 13.2 Å². The van der Waals surface area contributed by atoms with Gasteiger partial charge in [-0.1, -0.05) is 18.5 Å². The Labute approximate surface area is 119 Å². The van der Waals surface area contributed by atoms with Crippen LogP contribution >= 0.6 is 11.6 Å². The highest BCUT2D eigenvalue weighted by Crippen LogP contribution is 2.37. The van der Waals surface area contributed by atoms with Gasteiger partial charge in [0, 0.05) is 11.6 Å². The Hall–Kier alpha value is -1.27. The minimum Gasteiger partial charge on any atom is -0.326 e. The van der Waals surface area contributed by atoms with E-state index in [0.717, 1.165) is 6.92 Å². The van der Waals surface area contributed by atoms with E-state index in [-0.39, 0.29) is 5.82 Å². The lowest BCUT2D eigenvalue weighted by Crippen LogP contribution is -2.49. The van der Waals surface area contributed by atoms with E-state index < -0.39 is 11.7 Å². The van der Waals surface area contributed by atoms with Crippen LogP contribution in [-0.4, -0.2) is 15.7 Å². The number of alkyl halides is 3. The number of rotatable bonds is 3. The van der Waals surface area contributed by atoms with Gasteiger partial charge < -0.3 is 10.3 Å². The molecule has 0 aliphatic heterocycles. The summed E-state index contributed by atoms with van der Waals surface area (Å²) in [6.07, 6.45) is -3.91. The monoisotopic (exact) mass is 305 g/mol. The van der Waals surface area contributed by atoms with Gasteiger partial charge in [0.1, 0.15) is 5.82 Å². The minimum absolute atomic E-state index is 0.191. The molecule has 0 spiro atoms. The van der Waals surface area contributed by atoms with Gasteiger partial charge in [0.25, 0.3) is 0 Å². The van der Waals surface area contributed by atoms with Gasteiger partial charge in [-0.2, -0.15) is 13.2 Å². The second-order valence-electron chi connectivity index (χ2n) is 4.92. The Bertz CT molecular complexity index is 632. The highest BCUT2D eigenvalue weighted by Gasteiger charge is 2.52. The number of benzene rings is 1. The largest absolute Gasteiger partial charge is 0.413 e. The molecule has 0 fully saturated rings. The van der Waals surface area contributed by atoms with Crippen LogP contribution < -0.4 is 5.73 Å². The predicted octanol–water partition coefficient (Wildman–Crippen LogP) is 3.84. The van der Waals surface area contributed by atoms with Crippen LogP contribution in [0.2, 0.25) is 5.02 Å². The number of imidazole rings is 1. The van der Waals surface area contributed by atoms with Crippen molar-refractivity contribution < 1.29 is 13.2 Å². The topological polar surface area (TPSA) is 43.8 Å². The molecular weight excluding hydrogens is 291 g/mol. The molecule has 0 aliphatic rings. The molecule has 20 heavy (non-hydrogen) atoms. The number of fused-ring (bicyclic) bond motifs is 1. The molecule has 0 bridgehead atoms. The Morgan fingerprint density at radius 2 is 2.00 bits per heavy atom. The Morgan fingerprint density at radius 3 is 2.55 bits per heavy atom. The van der Waals surface area contributed by atoms with Gasteiger partial charge in [0.05, 0.1) is 11.0 Å². The first-order valence-electron chi connectivity index (χ1n) is 6.20. The lowest BCUT2D eigenvalue weighted by atomic mass is 10.0. The smallest absolute Gasteiger partial charge is 0.326 e. The van der Waals surface area contributed by atoms with Crippen LogP contribution in [-0.2, 0) is 12.1 Å². The molecule has 2 N–H and O–H groups in total. The number of hydrogen-bond acceptors (Lipinski definition) is 2. The second kappa shape index (κ2) is 4.93. The quantitative estimate of drug-likeness (QED) is 0.936. The van der Waals surface area contributed by atoms with E-state index >= 15 is 0 Å². The van der Waals surface area contributed by atoms with E-state index in [1.807, 2.05) is 6.92 Å². The maximum Gasteiger partial charge on any atom is 0.413 e. The molecule has 1 unspecified atom stereocenters. The van der Waals surface area contributed by atoms with Crippen molar-refractivity contribution in [2.75, 3.05) is 0 Å². The van der Waals surface area contributed by atoms with Crippen molar-refractivity contribution in [1.82, 2.24) is 9.55 Å². The number of nitrogens with zero attached hydrogens (tertiary/aromatic N) is 2. The normalized spacial score (nSPS) is 15.6. The zero-order valence-electron chi connectivity index (χ0n) is 11.1. The van der Waals surface area contributed by atoms with Gasteiger partial charge in [-0.3, -0.25) is 0 Å². The lowest BCUT2D eigenvalue weighted by Gasteiger charge is -2.27. The molecule has 7 heteroatoms. The molecular formula is C13H15ClF3N3. The van der Waals surface area contributed by atoms with Crippen LogP contribution in [0, 0.1) is 0 Å². The average molecular weight is 306 g/mol. The first-order valence-corrected chi connectivity index (χ1v) is 6.58. The second-order valence-corrected chi connectivity index (χ2v) is 5.36. The van der Waals surface area contributed by atoms with Gasteiger partial charge >= 0.3 is 6.18 Å².